The van der Waals surface area contributed by atoms with Gasteiger partial charge in [-0.3, -0.25) is 9.59 Å². The van der Waals surface area contributed by atoms with Gasteiger partial charge in [0.15, 0.2) is 5.78 Å². The van der Waals surface area contributed by atoms with Crippen molar-refractivity contribution in [3.05, 3.63) is 46.6 Å². The zero-order valence-corrected chi connectivity index (χ0v) is 12.3. The standard InChI is InChI=1S/C15H15ClN2O2/c1-9(19)13-6-7-14(18(13)3)11-8-10(15(20)17-2)4-5-12(11)16/h4-8H,1-3H3,(H,17,20). The number of hydrogen-bond donors (Lipinski definition) is 1. The number of nitrogens with one attached hydrogen (secondary N) is 1. The van der Waals surface area contributed by atoms with Crippen molar-refractivity contribution >= 4 is 23.3 Å². The highest BCUT2D eigenvalue weighted by atomic mass is 35.5. The minimum Gasteiger partial charge on any atom is -0.355 e. The largest absolute Gasteiger partial charge is 0.355 e. The van der Waals surface area contributed by atoms with E-state index in [0.29, 0.717) is 16.3 Å². The summed E-state index contributed by atoms with van der Waals surface area (Å²) in [5.74, 6) is -0.193. The quantitative estimate of drug-likeness (QED) is 0.884. The molecule has 2 aromatic rings. The molecule has 5 heteroatoms. The number of carbonyl (C=O) groups is 2. The lowest BCUT2D eigenvalue weighted by Crippen LogP contribution is -2.17. The molecule has 0 atom stereocenters. The highest BCUT2D eigenvalue weighted by molar-refractivity contribution is 6.33. The van der Waals surface area contributed by atoms with Gasteiger partial charge in [0, 0.05) is 42.9 Å². The van der Waals surface area contributed by atoms with E-state index in [0.717, 1.165) is 11.3 Å². The van der Waals surface area contributed by atoms with E-state index >= 15 is 0 Å². The molecule has 0 saturated heterocycles. The normalized spacial score (nSPS) is 10.4. The summed E-state index contributed by atoms with van der Waals surface area (Å²) in [5, 5.41) is 3.11. The lowest BCUT2D eigenvalue weighted by atomic mass is 10.1. The van der Waals surface area contributed by atoms with Crippen LogP contribution < -0.4 is 5.32 Å². The first-order chi connectivity index (χ1) is 9.45. The van der Waals surface area contributed by atoms with Crippen LogP contribution in [0, 0.1) is 0 Å². The minimum absolute atomic E-state index is 0.0164. The van der Waals surface area contributed by atoms with Crippen LogP contribution in [0.5, 0.6) is 0 Å². The van der Waals surface area contributed by atoms with Gasteiger partial charge in [0.25, 0.3) is 5.91 Å². The Morgan fingerprint density at radius 1 is 1.20 bits per heavy atom. The Morgan fingerprint density at radius 3 is 2.45 bits per heavy atom. The van der Waals surface area contributed by atoms with E-state index < -0.39 is 0 Å². The van der Waals surface area contributed by atoms with Gasteiger partial charge < -0.3 is 9.88 Å². The number of benzene rings is 1. The molecule has 0 aliphatic carbocycles. The molecule has 0 spiro atoms. The SMILES string of the molecule is CNC(=O)c1ccc(Cl)c(-c2ccc(C(C)=O)n2C)c1. The Morgan fingerprint density at radius 2 is 1.90 bits per heavy atom. The van der Waals surface area contributed by atoms with Crippen LogP contribution in [0.15, 0.2) is 30.3 Å². The van der Waals surface area contributed by atoms with Crippen LogP contribution in [-0.4, -0.2) is 23.3 Å². The lowest BCUT2D eigenvalue weighted by Gasteiger charge is -2.10. The van der Waals surface area contributed by atoms with Crippen molar-refractivity contribution < 1.29 is 9.59 Å². The molecular formula is C15H15ClN2O2. The number of ketones is 1. The first-order valence-corrected chi connectivity index (χ1v) is 6.52. The van der Waals surface area contributed by atoms with Crippen molar-refractivity contribution in [3.8, 4) is 11.3 Å². The van der Waals surface area contributed by atoms with E-state index in [-0.39, 0.29) is 11.7 Å². The van der Waals surface area contributed by atoms with Gasteiger partial charge >= 0.3 is 0 Å². The third-order valence-corrected chi connectivity index (χ3v) is 3.54. The molecule has 0 aliphatic rings. The van der Waals surface area contributed by atoms with Crippen LogP contribution >= 0.6 is 11.6 Å². The van der Waals surface area contributed by atoms with E-state index in [4.69, 9.17) is 11.6 Å². The average molecular weight is 291 g/mol. The first kappa shape index (κ1) is 14.3. The zero-order valence-electron chi connectivity index (χ0n) is 11.5. The van der Waals surface area contributed by atoms with Crippen LogP contribution in [0.25, 0.3) is 11.3 Å². The molecule has 0 aliphatic heterocycles. The van der Waals surface area contributed by atoms with Gasteiger partial charge in [0.05, 0.1) is 5.69 Å². The second-order valence-corrected chi connectivity index (χ2v) is 4.90. The maximum atomic E-state index is 11.7. The average Bonchev–Trinajstić information content (AvgIpc) is 2.80. The number of rotatable bonds is 3. The summed E-state index contributed by atoms with van der Waals surface area (Å²) in [6.07, 6.45) is 0. The van der Waals surface area contributed by atoms with Crippen molar-refractivity contribution in [3.63, 3.8) is 0 Å². The van der Waals surface area contributed by atoms with E-state index in [2.05, 4.69) is 5.32 Å². The monoisotopic (exact) mass is 290 g/mol. The van der Waals surface area contributed by atoms with Crippen molar-refractivity contribution in [1.29, 1.82) is 0 Å². The van der Waals surface area contributed by atoms with Gasteiger partial charge in [-0.25, -0.2) is 0 Å². The summed E-state index contributed by atoms with van der Waals surface area (Å²) in [4.78, 5) is 23.2. The zero-order chi connectivity index (χ0) is 14.9. The van der Waals surface area contributed by atoms with Gasteiger partial charge in [-0.15, -0.1) is 0 Å². The molecule has 2 rings (SSSR count). The summed E-state index contributed by atoms with van der Waals surface area (Å²) >= 11 is 6.21. The number of Topliss-reactive ketones (excluding diaryl/α,β-unsaturated/α-hetero) is 1. The number of halogens is 1. The molecule has 1 amide bonds. The maximum absolute atomic E-state index is 11.7. The van der Waals surface area contributed by atoms with Crippen LogP contribution in [0.4, 0.5) is 0 Å². The van der Waals surface area contributed by atoms with Gasteiger partial charge in [-0.1, -0.05) is 11.6 Å². The second kappa shape index (κ2) is 5.51. The van der Waals surface area contributed by atoms with Gasteiger partial charge in [0.1, 0.15) is 0 Å². The second-order valence-electron chi connectivity index (χ2n) is 4.49. The summed E-state index contributed by atoms with van der Waals surface area (Å²) in [5.41, 5.74) is 2.65. The Balaban J connectivity index is 2.57. The van der Waals surface area contributed by atoms with E-state index in [1.165, 1.54) is 6.92 Å². The van der Waals surface area contributed by atoms with Crippen molar-refractivity contribution in [2.24, 2.45) is 7.05 Å². The number of nitrogens with zero attached hydrogens (tertiary/aromatic N) is 1. The molecule has 0 bridgehead atoms. The number of hydrogen-bond acceptors (Lipinski definition) is 2. The van der Waals surface area contributed by atoms with Crippen LogP contribution in [0.1, 0.15) is 27.8 Å². The molecule has 104 valence electrons. The molecule has 0 unspecified atom stereocenters. The molecular weight excluding hydrogens is 276 g/mol. The minimum atomic E-state index is -0.177. The molecule has 20 heavy (non-hydrogen) atoms. The Bertz CT molecular complexity index is 689. The van der Waals surface area contributed by atoms with Crippen molar-refractivity contribution in [2.45, 2.75) is 6.92 Å². The van der Waals surface area contributed by atoms with E-state index in [9.17, 15) is 9.59 Å². The fourth-order valence-corrected chi connectivity index (χ4v) is 2.36. The highest BCUT2D eigenvalue weighted by Crippen LogP contribution is 2.30. The van der Waals surface area contributed by atoms with Gasteiger partial charge in [-0.05, 0) is 30.3 Å². The molecule has 1 aromatic carbocycles. The molecule has 1 heterocycles. The number of amides is 1. The predicted molar refractivity (Wildman–Crippen MR) is 79.3 cm³/mol. The van der Waals surface area contributed by atoms with Gasteiger partial charge in [-0.2, -0.15) is 0 Å². The highest BCUT2D eigenvalue weighted by Gasteiger charge is 2.14. The summed E-state index contributed by atoms with van der Waals surface area (Å²) < 4.78 is 1.77. The van der Waals surface area contributed by atoms with Gasteiger partial charge in [0.2, 0.25) is 0 Å². The molecule has 1 N–H and O–H groups in total. The molecule has 0 radical (unpaired) electrons. The fourth-order valence-electron chi connectivity index (χ4n) is 2.14. The molecule has 0 saturated carbocycles. The van der Waals surface area contributed by atoms with Crippen LogP contribution in [0.3, 0.4) is 0 Å². The lowest BCUT2D eigenvalue weighted by molar-refractivity contribution is 0.0961. The van der Waals surface area contributed by atoms with E-state index in [1.54, 1.807) is 42.9 Å². The Hall–Kier alpha value is -2.07. The molecule has 1 aromatic heterocycles. The Kier molecular flexibility index (Phi) is 3.95. The summed E-state index contributed by atoms with van der Waals surface area (Å²) in [7, 11) is 3.38. The third kappa shape index (κ3) is 2.47. The van der Waals surface area contributed by atoms with Crippen molar-refractivity contribution in [1.82, 2.24) is 9.88 Å². The maximum Gasteiger partial charge on any atom is 0.251 e. The van der Waals surface area contributed by atoms with Crippen LogP contribution in [-0.2, 0) is 7.05 Å². The molecule has 0 fully saturated rings. The summed E-state index contributed by atoms with van der Waals surface area (Å²) in [6, 6.07) is 8.65. The summed E-state index contributed by atoms with van der Waals surface area (Å²) in [6.45, 7) is 1.52. The smallest absolute Gasteiger partial charge is 0.251 e. The predicted octanol–water partition coefficient (Wildman–Crippen LogP) is 2.91. The van der Waals surface area contributed by atoms with Crippen molar-refractivity contribution in [2.75, 3.05) is 7.05 Å². The number of carbonyl (C=O) groups excluding carboxylic acids is 2. The number of aromatic nitrogens is 1. The van der Waals surface area contributed by atoms with E-state index in [1.807, 2.05) is 6.07 Å². The molecule has 4 nitrogen and oxygen atoms in total. The third-order valence-electron chi connectivity index (χ3n) is 3.21. The first-order valence-electron chi connectivity index (χ1n) is 6.14. The Labute approximate surface area is 122 Å². The van der Waals surface area contributed by atoms with Crippen LogP contribution in [0.2, 0.25) is 5.02 Å². The fraction of sp³-hybridized carbons (Fsp3) is 0.200. The topological polar surface area (TPSA) is 51.1 Å².